The lowest BCUT2D eigenvalue weighted by molar-refractivity contribution is -0.385. The Bertz CT molecular complexity index is 766. The first-order valence-corrected chi connectivity index (χ1v) is 9.53. The Morgan fingerprint density at radius 3 is 2.68 bits per heavy atom. The van der Waals surface area contributed by atoms with E-state index in [0.717, 1.165) is 18.9 Å². The van der Waals surface area contributed by atoms with E-state index in [-0.39, 0.29) is 10.6 Å². The van der Waals surface area contributed by atoms with Crippen LogP contribution in [0.4, 0.5) is 5.69 Å². The molecule has 1 atom stereocenters. The summed E-state index contributed by atoms with van der Waals surface area (Å²) in [6, 6.07) is 3.76. The quantitative estimate of drug-likeness (QED) is 0.309. The molecule has 0 fully saturated rings. The molecule has 0 amide bonds. The molecule has 0 saturated heterocycles. The monoisotopic (exact) mass is 367 g/mol. The van der Waals surface area contributed by atoms with E-state index < -0.39 is 14.9 Å². The molecule has 0 saturated carbocycles. The lowest BCUT2D eigenvalue weighted by Gasteiger charge is -2.07. The van der Waals surface area contributed by atoms with E-state index in [4.69, 9.17) is 0 Å². The smallest absolute Gasteiger partial charge is 0.258 e. The Hall–Kier alpha value is -2.22. The first-order chi connectivity index (χ1) is 11.6. The number of aryl methyl sites for hydroxylation is 1. The van der Waals surface area contributed by atoms with Gasteiger partial charge in [-0.15, -0.1) is 0 Å². The van der Waals surface area contributed by atoms with Gasteiger partial charge in [-0.3, -0.25) is 10.1 Å². The second kappa shape index (κ2) is 9.31. The summed E-state index contributed by atoms with van der Waals surface area (Å²) in [5.74, 6) is 0.379. The van der Waals surface area contributed by atoms with Crippen LogP contribution in [0, 0.1) is 23.0 Å². The van der Waals surface area contributed by atoms with Crippen molar-refractivity contribution in [1.29, 1.82) is 0 Å². The van der Waals surface area contributed by atoms with Crippen LogP contribution in [-0.2, 0) is 10.0 Å². The molecule has 1 aromatic rings. The molecule has 8 heteroatoms. The number of nitro groups is 1. The molecule has 0 heterocycles. The average Bonchev–Trinajstić information content (AvgIpc) is 2.51. The van der Waals surface area contributed by atoms with Crippen LogP contribution in [0.15, 0.2) is 39.8 Å². The highest BCUT2D eigenvalue weighted by Gasteiger charge is 2.19. The van der Waals surface area contributed by atoms with Gasteiger partial charge in [0.1, 0.15) is 0 Å². The van der Waals surface area contributed by atoms with Crippen molar-refractivity contribution in [3.05, 3.63) is 45.5 Å². The third kappa shape index (κ3) is 7.04. The van der Waals surface area contributed by atoms with Crippen LogP contribution in [0.3, 0.4) is 0 Å². The SMILES string of the molecule is CC(C)=CCC[C@H](C)C/C=N\NS(=O)(=O)c1ccc(C)c([N+](=O)[O-])c1. The van der Waals surface area contributed by atoms with E-state index >= 15 is 0 Å². The Kier molecular flexibility index (Phi) is 7.76. The van der Waals surface area contributed by atoms with Crippen LogP contribution in [0.1, 0.15) is 45.6 Å². The first kappa shape index (κ1) is 20.8. The second-order valence-corrected chi connectivity index (χ2v) is 7.97. The van der Waals surface area contributed by atoms with Crippen molar-refractivity contribution >= 4 is 21.9 Å². The summed E-state index contributed by atoms with van der Waals surface area (Å²) in [5.41, 5.74) is 1.44. The van der Waals surface area contributed by atoms with Crippen LogP contribution >= 0.6 is 0 Å². The summed E-state index contributed by atoms with van der Waals surface area (Å²) >= 11 is 0. The van der Waals surface area contributed by atoms with Crippen LogP contribution in [0.25, 0.3) is 0 Å². The van der Waals surface area contributed by atoms with Crippen LogP contribution in [-0.4, -0.2) is 19.6 Å². The average molecular weight is 367 g/mol. The Morgan fingerprint density at radius 2 is 2.08 bits per heavy atom. The topological polar surface area (TPSA) is 102 Å². The number of benzene rings is 1. The van der Waals surface area contributed by atoms with Gasteiger partial charge in [0.25, 0.3) is 15.7 Å². The molecule has 0 bridgehead atoms. The maximum absolute atomic E-state index is 12.2. The Labute approximate surface area is 149 Å². The van der Waals surface area contributed by atoms with E-state index in [2.05, 4.69) is 36.8 Å². The molecule has 1 aromatic carbocycles. The molecule has 1 rings (SSSR count). The van der Waals surface area contributed by atoms with Gasteiger partial charge in [0.2, 0.25) is 0 Å². The minimum atomic E-state index is -3.92. The van der Waals surface area contributed by atoms with Crippen LogP contribution < -0.4 is 4.83 Å². The lowest BCUT2D eigenvalue weighted by Crippen LogP contribution is -2.18. The summed E-state index contributed by atoms with van der Waals surface area (Å²) in [7, 11) is -3.92. The van der Waals surface area contributed by atoms with Crippen molar-refractivity contribution in [3.8, 4) is 0 Å². The highest BCUT2D eigenvalue weighted by atomic mass is 32.2. The molecule has 0 radical (unpaired) electrons. The minimum absolute atomic E-state index is 0.182. The summed E-state index contributed by atoms with van der Waals surface area (Å²) in [4.78, 5) is 12.2. The number of nitrogens with one attached hydrogen (secondary N) is 1. The van der Waals surface area contributed by atoms with Gasteiger partial charge in [0.15, 0.2) is 0 Å². The fourth-order valence-electron chi connectivity index (χ4n) is 2.12. The number of hydrogen-bond acceptors (Lipinski definition) is 5. The van der Waals surface area contributed by atoms with Crippen molar-refractivity contribution in [1.82, 2.24) is 4.83 Å². The predicted molar refractivity (Wildman–Crippen MR) is 99.1 cm³/mol. The molecule has 0 spiro atoms. The van der Waals surface area contributed by atoms with E-state index in [0.29, 0.717) is 17.9 Å². The minimum Gasteiger partial charge on any atom is -0.258 e. The molecule has 0 aliphatic rings. The molecule has 1 N–H and O–H groups in total. The number of sulfonamides is 1. The van der Waals surface area contributed by atoms with Crippen LogP contribution in [0.2, 0.25) is 0 Å². The third-order valence-electron chi connectivity index (χ3n) is 3.67. The maximum Gasteiger partial charge on any atom is 0.276 e. The van der Waals surface area contributed by atoms with Crippen molar-refractivity contribution in [2.75, 3.05) is 0 Å². The van der Waals surface area contributed by atoms with E-state index in [1.807, 2.05) is 0 Å². The fraction of sp³-hybridized carbons (Fsp3) is 0.471. The van der Waals surface area contributed by atoms with Gasteiger partial charge in [-0.25, -0.2) is 4.83 Å². The molecular formula is C17H25N3O4S. The molecule has 0 aromatic heterocycles. The Balaban J connectivity index is 2.65. The van der Waals surface area contributed by atoms with Gasteiger partial charge in [0.05, 0.1) is 9.82 Å². The zero-order valence-corrected chi connectivity index (χ0v) is 15.8. The molecule has 25 heavy (non-hydrogen) atoms. The standard InChI is InChI=1S/C17H25N3O4S/c1-13(2)6-5-7-14(3)10-11-18-19-25(23,24)16-9-8-15(4)17(12-16)20(21)22/h6,8-9,11-12,14,19H,5,7,10H2,1-4H3/b18-11-/t14-/m0/s1. The van der Waals surface area contributed by atoms with Gasteiger partial charge in [-0.05, 0) is 52.0 Å². The van der Waals surface area contributed by atoms with Crippen LogP contribution in [0.5, 0.6) is 0 Å². The Morgan fingerprint density at radius 1 is 1.40 bits per heavy atom. The third-order valence-corrected chi connectivity index (χ3v) is 4.89. The van der Waals surface area contributed by atoms with E-state index in [9.17, 15) is 18.5 Å². The first-order valence-electron chi connectivity index (χ1n) is 8.05. The molecule has 7 nitrogen and oxygen atoms in total. The molecule has 0 aliphatic heterocycles. The number of nitro benzene ring substituents is 1. The number of rotatable bonds is 9. The van der Waals surface area contributed by atoms with E-state index in [1.54, 1.807) is 6.92 Å². The second-order valence-electron chi connectivity index (χ2n) is 6.31. The molecule has 0 aliphatic carbocycles. The van der Waals surface area contributed by atoms with Crippen molar-refractivity contribution in [2.24, 2.45) is 11.0 Å². The summed E-state index contributed by atoms with van der Waals surface area (Å²) in [5, 5.41) is 14.7. The number of allylic oxidation sites excluding steroid dienone is 2. The summed E-state index contributed by atoms with van der Waals surface area (Å²) in [6.45, 7) is 7.73. The fourth-order valence-corrected chi connectivity index (χ4v) is 2.95. The predicted octanol–water partition coefficient (Wildman–Crippen LogP) is 3.94. The normalized spacial score (nSPS) is 12.8. The van der Waals surface area contributed by atoms with Gasteiger partial charge in [-0.1, -0.05) is 24.6 Å². The number of nitrogens with zero attached hydrogens (tertiary/aromatic N) is 2. The zero-order valence-electron chi connectivity index (χ0n) is 15.0. The maximum atomic E-state index is 12.2. The zero-order chi connectivity index (χ0) is 19.0. The van der Waals surface area contributed by atoms with Gasteiger partial charge in [0, 0.05) is 17.8 Å². The lowest BCUT2D eigenvalue weighted by atomic mass is 10.0. The van der Waals surface area contributed by atoms with Gasteiger partial charge >= 0.3 is 0 Å². The summed E-state index contributed by atoms with van der Waals surface area (Å²) in [6.07, 6.45) is 6.31. The summed E-state index contributed by atoms with van der Waals surface area (Å²) < 4.78 is 24.3. The van der Waals surface area contributed by atoms with Gasteiger partial charge in [-0.2, -0.15) is 13.5 Å². The molecule has 0 unspecified atom stereocenters. The highest BCUT2D eigenvalue weighted by molar-refractivity contribution is 7.89. The van der Waals surface area contributed by atoms with Crippen molar-refractivity contribution in [3.63, 3.8) is 0 Å². The highest BCUT2D eigenvalue weighted by Crippen LogP contribution is 2.22. The van der Waals surface area contributed by atoms with E-state index in [1.165, 1.54) is 23.9 Å². The number of hydrogen-bond donors (Lipinski definition) is 1. The number of hydrazone groups is 1. The van der Waals surface area contributed by atoms with Crippen molar-refractivity contribution < 1.29 is 13.3 Å². The van der Waals surface area contributed by atoms with Crippen molar-refractivity contribution in [2.45, 2.75) is 51.9 Å². The molecular weight excluding hydrogens is 342 g/mol. The molecule has 138 valence electrons. The van der Waals surface area contributed by atoms with Gasteiger partial charge < -0.3 is 0 Å². The largest absolute Gasteiger partial charge is 0.276 e.